The highest BCUT2D eigenvalue weighted by Gasteiger charge is 2.37. The molecule has 1 aliphatic rings. The Bertz CT molecular complexity index is 6470. The molecule has 0 fully saturated rings. The number of hydrogen-bond acceptors (Lipinski definition) is 3. The van der Waals surface area contributed by atoms with Gasteiger partial charge in [-0.2, -0.15) is 9.97 Å². The van der Waals surface area contributed by atoms with Gasteiger partial charge in [-0.3, -0.25) is 4.57 Å². The van der Waals surface area contributed by atoms with Crippen molar-refractivity contribution in [2.24, 2.45) is 0 Å². The number of hydrogen-bond donors (Lipinski definition) is 0. The van der Waals surface area contributed by atoms with Gasteiger partial charge in [-0.15, -0.1) is 51.4 Å². The second kappa shape index (κ2) is 26.1. The highest BCUT2D eigenvalue weighted by atomic mass is 15.2. The van der Waals surface area contributed by atoms with Crippen LogP contribution in [0.5, 0.6) is 0 Å². The Morgan fingerprint density at radius 3 is 1.02 bits per heavy atom. The maximum Gasteiger partial charge on any atom is 0.238 e. The van der Waals surface area contributed by atoms with E-state index in [9.17, 15) is 0 Å². The lowest BCUT2D eigenvalue weighted by molar-refractivity contribution is 0.661. The minimum atomic E-state index is -0.455. The second-order valence-corrected chi connectivity index (χ2v) is 26.1. The van der Waals surface area contributed by atoms with Crippen LogP contribution in [0.4, 0.5) is 0 Å². The van der Waals surface area contributed by atoms with Crippen molar-refractivity contribution >= 4 is 21.8 Å². The molecule has 1 aliphatic carbocycles. The van der Waals surface area contributed by atoms with Crippen molar-refractivity contribution in [1.82, 2.24) is 19.5 Å². The summed E-state index contributed by atoms with van der Waals surface area (Å²) in [5.74, 6) is 24.4. The van der Waals surface area contributed by atoms with E-state index >= 15 is 0 Å². The average molecular weight is 1320 g/mol. The van der Waals surface area contributed by atoms with Crippen LogP contribution in [0, 0.1) is 98.8 Å². The third-order valence-corrected chi connectivity index (χ3v) is 20.2. The minimum absolute atomic E-state index is 0.455. The molecule has 4 nitrogen and oxygen atoms in total. The summed E-state index contributed by atoms with van der Waals surface area (Å²) in [6.07, 6.45) is 49.1. The highest BCUT2D eigenvalue weighted by molar-refractivity contribution is 6.13. The lowest BCUT2D eigenvalue weighted by Crippen LogP contribution is -2.15. The first-order chi connectivity index (χ1) is 50.9. The zero-order chi connectivity index (χ0) is 71.3. The Balaban J connectivity index is 0.843. The van der Waals surface area contributed by atoms with Crippen molar-refractivity contribution in [3.8, 4) is 228 Å². The quantitative estimate of drug-likeness (QED) is 0.121. The first kappa shape index (κ1) is 63.9. The van der Waals surface area contributed by atoms with E-state index in [4.69, 9.17) is 66.3 Å². The summed E-state index contributed by atoms with van der Waals surface area (Å²) in [5.41, 5.74) is 27.8. The van der Waals surface area contributed by atoms with Crippen LogP contribution in [0.2, 0.25) is 0 Å². The molecule has 2 aromatic heterocycles. The van der Waals surface area contributed by atoms with Crippen molar-refractivity contribution in [3.05, 3.63) is 323 Å². The van der Waals surface area contributed by atoms with Crippen LogP contribution >= 0.6 is 0 Å². The predicted molar refractivity (Wildman–Crippen MR) is 430 cm³/mol. The van der Waals surface area contributed by atoms with E-state index in [1.54, 1.807) is 0 Å². The number of aromatic nitrogens is 4. The number of benzene rings is 13. The van der Waals surface area contributed by atoms with Gasteiger partial charge in [0, 0.05) is 71.8 Å². The van der Waals surface area contributed by atoms with Crippen LogP contribution in [0.1, 0.15) is 69.5 Å². The van der Waals surface area contributed by atoms with Gasteiger partial charge in [0.15, 0.2) is 11.6 Å². The predicted octanol–water partition coefficient (Wildman–Crippen LogP) is 21.8. The topological polar surface area (TPSA) is 43.6 Å². The highest BCUT2D eigenvalue weighted by Crippen LogP contribution is 2.53. The molecule has 16 rings (SSSR count). The second-order valence-electron chi connectivity index (χ2n) is 26.1. The molecule has 0 amide bonds. The Labute approximate surface area is 606 Å². The van der Waals surface area contributed by atoms with E-state index in [0.717, 1.165) is 128 Å². The molecule has 0 bridgehead atoms. The molecule has 0 atom stereocenters. The lowest BCUT2D eigenvalue weighted by Gasteiger charge is -2.22. The van der Waals surface area contributed by atoms with E-state index in [0.29, 0.717) is 62.1 Å². The van der Waals surface area contributed by atoms with E-state index in [1.807, 2.05) is 133 Å². The van der Waals surface area contributed by atoms with Crippen molar-refractivity contribution in [3.63, 3.8) is 0 Å². The first-order valence-electron chi connectivity index (χ1n) is 33.9. The summed E-state index contributed by atoms with van der Waals surface area (Å²) in [5, 5.41) is 2.07. The zero-order valence-corrected chi connectivity index (χ0v) is 56.8. The minimum Gasteiger partial charge on any atom is -0.278 e. The molecule has 0 radical (unpaired) electrons. The molecule has 0 saturated heterocycles. The van der Waals surface area contributed by atoms with Crippen molar-refractivity contribution in [1.29, 1.82) is 0 Å². The van der Waals surface area contributed by atoms with Crippen LogP contribution in [0.25, 0.3) is 151 Å². The lowest BCUT2D eigenvalue weighted by atomic mass is 9.81. The van der Waals surface area contributed by atoms with E-state index < -0.39 is 5.41 Å². The molecular formula is C100H58N4. The smallest absolute Gasteiger partial charge is 0.238 e. The normalized spacial score (nSPS) is 11.6. The third kappa shape index (κ3) is 10.8. The average Bonchev–Trinajstić information content (AvgIpc) is 1.56. The monoisotopic (exact) mass is 1310 g/mol. The van der Waals surface area contributed by atoms with Gasteiger partial charge in [0.1, 0.15) is 0 Å². The Morgan fingerprint density at radius 2 is 0.596 bits per heavy atom. The Hall–Kier alpha value is -14.9. The fraction of sp³-hybridized carbons (Fsp3) is 0.0300. The van der Waals surface area contributed by atoms with E-state index in [-0.39, 0.29) is 0 Å². The fourth-order valence-corrected chi connectivity index (χ4v) is 15.0. The molecule has 15 aromatic rings. The van der Waals surface area contributed by atoms with Gasteiger partial charge in [0.05, 0.1) is 11.0 Å². The van der Waals surface area contributed by atoms with Crippen LogP contribution < -0.4 is 0 Å². The van der Waals surface area contributed by atoms with Gasteiger partial charge in [-0.05, 0) is 190 Å². The Kier molecular flexibility index (Phi) is 16.0. The number of terminal acetylenes is 8. The van der Waals surface area contributed by atoms with Gasteiger partial charge in [0.2, 0.25) is 5.95 Å². The van der Waals surface area contributed by atoms with Gasteiger partial charge in [-0.1, -0.05) is 249 Å². The molecule has 0 aliphatic heterocycles. The maximum atomic E-state index is 6.29. The van der Waals surface area contributed by atoms with Gasteiger partial charge < -0.3 is 0 Å². The molecule has 2 heterocycles. The van der Waals surface area contributed by atoms with Crippen LogP contribution in [-0.2, 0) is 5.41 Å². The molecule has 478 valence electrons. The van der Waals surface area contributed by atoms with Crippen molar-refractivity contribution in [2.45, 2.75) is 19.3 Å². The summed E-state index contributed by atoms with van der Waals surface area (Å²) in [7, 11) is 0. The van der Waals surface area contributed by atoms with Crippen molar-refractivity contribution < 1.29 is 0 Å². The summed E-state index contributed by atoms with van der Waals surface area (Å²) >= 11 is 0. The summed E-state index contributed by atoms with van der Waals surface area (Å²) in [6.45, 7) is 4.65. The van der Waals surface area contributed by atoms with Crippen LogP contribution in [0.3, 0.4) is 0 Å². The number of rotatable bonds is 11. The first-order valence-corrected chi connectivity index (χ1v) is 33.9. The van der Waals surface area contributed by atoms with Gasteiger partial charge >= 0.3 is 0 Å². The Morgan fingerprint density at radius 1 is 0.250 bits per heavy atom. The standard InChI is InChI=1S/C100H58N4/c1-11-63-35-27-43-81(77(63)15-5)85-51-47-73(57-88(85)83-45-29-37-65(13-3)79(83)17-7)69-39-25-41-71(55-69)75-50-54-95-91(59-75)92-61-90-87-53-49-76(60-93(87)100(9,10)94(90)62-96(92)104(95)99-102-97(67-31-21-19-22-32-67)101-98(103-99)68-33-23-20-24-34-68)72-42-26-40-70(56-72)74-48-52-86(82-44-28-36-64(12-2)78(82)16-6)89(58-74)84-46-30-38-66(14-4)80(84)18-8/h1-8,19-62H,9-10H3. The molecule has 0 saturated carbocycles. The SMILES string of the molecule is C#Cc1cccc(-c2ccc(-c3cccc(-c4ccc5c(c4)C(C)(C)c4cc6c(cc4-5)c4cc(-c5cccc(-c7ccc(-c8cccc(C#C)c8C#C)c(-c8cccc(C#C)c8C#C)c7)c5)ccc4n6-c4nc(-c5ccccc5)nc(-c5ccccc5)n4)c3)cc2-c2cccc(C#C)c2C#C)c1C#C. The van der Waals surface area contributed by atoms with Crippen LogP contribution in [0.15, 0.2) is 267 Å². The van der Waals surface area contributed by atoms with Gasteiger partial charge in [-0.25, -0.2) is 4.98 Å². The molecule has 0 spiro atoms. The zero-order valence-electron chi connectivity index (χ0n) is 56.8. The van der Waals surface area contributed by atoms with E-state index in [2.05, 4.69) is 199 Å². The third-order valence-electron chi connectivity index (χ3n) is 20.2. The maximum absolute atomic E-state index is 6.29. The number of nitrogens with zero attached hydrogens (tertiary/aromatic N) is 4. The molecule has 4 heteroatoms. The van der Waals surface area contributed by atoms with Crippen molar-refractivity contribution in [2.75, 3.05) is 0 Å². The molecule has 104 heavy (non-hydrogen) atoms. The molecular weight excluding hydrogens is 1260 g/mol. The summed E-state index contributed by atoms with van der Waals surface area (Å²) in [4.78, 5) is 15.9. The van der Waals surface area contributed by atoms with Crippen LogP contribution in [-0.4, -0.2) is 19.5 Å². The summed E-state index contributed by atoms with van der Waals surface area (Å²) < 4.78 is 2.22. The molecule has 0 unspecified atom stereocenters. The number of fused-ring (bicyclic) bond motifs is 6. The largest absolute Gasteiger partial charge is 0.278 e. The molecule has 13 aromatic carbocycles. The van der Waals surface area contributed by atoms with Gasteiger partial charge in [0.25, 0.3) is 0 Å². The van der Waals surface area contributed by atoms with E-state index in [1.165, 1.54) is 16.7 Å². The molecule has 0 N–H and O–H groups in total. The fourth-order valence-electron chi connectivity index (χ4n) is 15.0. The summed E-state index contributed by atoms with van der Waals surface area (Å²) in [6, 6.07) is 91.8.